The molecular formula is C10H14N2O5. The molecule has 0 aromatic rings. The summed E-state index contributed by atoms with van der Waals surface area (Å²) in [4.78, 5) is 34.1. The van der Waals surface area contributed by atoms with E-state index in [0.29, 0.717) is 12.8 Å². The number of nitroso groups, excluding NO2 is 1. The standard InChI is InChI=1S/C10H14N2O5/c1-16-9(13)7-5-3-4-6(12(5)11-15)8(7)10(14)17-2/h5-8H,3-4H2,1-2H3/t5-,6+,7+,8-. The lowest BCUT2D eigenvalue weighted by molar-refractivity contribution is -0.157. The maximum Gasteiger partial charge on any atom is 0.311 e. The van der Waals surface area contributed by atoms with Gasteiger partial charge in [-0.25, -0.2) is 0 Å². The van der Waals surface area contributed by atoms with Gasteiger partial charge in [0.2, 0.25) is 0 Å². The fraction of sp³-hybridized carbons (Fsp3) is 0.800. The summed E-state index contributed by atoms with van der Waals surface area (Å²) in [6.07, 6.45) is 1.34. The van der Waals surface area contributed by atoms with E-state index in [1.54, 1.807) is 0 Å². The summed E-state index contributed by atoms with van der Waals surface area (Å²) in [6, 6.07) is -0.678. The highest BCUT2D eigenvalue weighted by molar-refractivity contribution is 5.84. The van der Waals surface area contributed by atoms with Gasteiger partial charge in [0.25, 0.3) is 0 Å². The van der Waals surface area contributed by atoms with Crippen molar-refractivity contribution in [3.05, 3.63) is 4.91 Å². The SMILES string of the molecule is COC(=O)[C@@H]1[C@H](C(=O)OC)[C@@H]2CC[C@H]1N2N=O. The predicted molar refractivity (Wildman–Crippen MR) is 55.5 cm³/mol. The third-order valence-corrected chi connectivity index (χ3v) is 3.69. The van der Waals surface area contributed by atoms with E-state index < -0.39 is 23.8 Å². The molecule has 2 rings (SSSR count). The molecule has 2 fully saturated rings. The van der Waals surface area contributed by atoms with Crippen molar-refractivity contribution >= 4 is 11.9 Å². The highest BCUT2D eigenvalue weighted by Crippen LogP contribution is 2.46. The highest BCUT2D eigenvalue weighted by Gasteiger charge is 2.60. The number of nitrogens with zero attached hydrogens (tertiary/aromatic N) is 2. The number of rotatable bonds is 3. The average Bonchev–Trinajstić information content (AvgIpc) is 2.90. The lowest BCUT2D eigenvalue weighted by Crippen LogP contribution is -2.39. The van der Waals surface area contributed by atoms with Crippen LogP contribution in [-0.2, 0) is 19.1 Å². The zero-order chi connectivity index (χ0) is 12.6. The molecule has 2 aliphatic heterocycles. The lowest BCUT2D eigenvalue weighted by Gasteiger charge is -2.23. The first-order chi connectivity index (χ1) is 8.15. The monoisotopic (exact) mass is 242 g/mol. The summed E-state index contributed by atoms with van der Waals surface area (Å²) in [5.41, 5.74) is 0. The van der Waals surface area contributed by atoms with Gasteiger partial charge in [0.15, 0.2) is 0 Å². The van der Waals surface area contributed by atoms with Crippen LogP contribution in [0.2, 0.25) is 0 Å². The van der Waals surface area contributed by atoms with Crippen molar-refractivity contribution in [3.63, 3.8) is 0 Å². The maximum absolute atomic E-state index is 11.7. The second-order valence-corrected chi connectivity index (χ2v) is 4.27. The lowest BCUT2D eigenvalue weighted by atomic mass is 9.79. The fourth-order valence-electron chi connectivity index (χ4n) is 3.02. The summed E-state index contributed by atoms with van der Waals surface area (Å²) in [6.45, 7) is 0. The number of esters is 2. The Morgan fingerprint density at radius 2 is 1.47 bits per heavy atom. The molecule has 0 aromatic heterocycles. The maximum atomic E-state index is 11.7. The highest BCUT2D eigenvalue weighted by atomic mass is 16.5. The predicted octanol–water partition coefficient (Wildman–Crippen LogP) is 0.0928. The molecule has 94 valence electrons. The number of carbonyl (C=O) groups is 2. The minimum atomic E-state index is -0.649. The Hall–Kier alpha value is -1.66. The van der Waals surface area contributed by atoms with Gasteiger partial charge in [-0.2, -0.15) is 0 Å². The van der Waals surface area contributed by atoms with Crippen molar-refractivity contribution < 1.29 is 19.1 Å². The van der Waals surface area contributed by atoms with Crippen LogP contribution in [0.3, 0.4) is 0 Å². The topological polar surface area (TPSA) is 85.3 Å². The van der Waals surface area contributed by atoms with E-state index in [-0.39, 0.29) is 12.1 Å². The van der Waals surface area contributed by atoms with Crippen LogP contribution in [0, 0.1) is 16.7 Å². The number of ether oxygens (including phenoxy) is 2. The van der Waals surface area contributed by atoms with Crippen molar-refractivity contribution in [3.8, 4) is 0 Å². The van der Waals surface area contributed by atoms with Gasteiger partial charge in [-0.05, 0) is 12.8 Å². The Morgan fingerprint density at radius 1 is 1.06 bits per heavy atom. The van der Waals surface area contributed by atoms with Gasteiger partial charge in [0.05, 0.1) is 43.4 Å². The van der Waals surface area contributed by atoms with E-state index in [4.69, 9.17) is 0 Å². The zero-order valence-electron chi connectivity index (χ0n) is 9.66. The van der Waals surface area contributed by atoms with E-state index >= 15 is 0 Å². The quantitative estimate of drug-likeness (QED) is 0.515. The smallest absolute Gasteiger partial charge is 0.311 e. The second kappa shape index (κ2) is 4.31. The molecular weight excluding hydrogens is 228 g/mol. The van der Waals surface area contributed by atoms with E-state index in [9.17, 15) is 14.5 Å². The molecule has 17 heavy (non-hydrogen) atoms. The molecule has 2 saturated heterocycles. The summed E-state index contributed by atoms with van der Waals surface area (Å²) in [5.74, 6) is -2.27. The summed E-state index contributed by atoms with van der Waals surface area (Å²) >= 11 is 0. The summed E-state index contributed by atoms with van der Waals surface area (Å²) in [7, 11) is 2.53. The van der Waals surface area contributed by atoms with E-state index in [1.807, 2.05) is 0 Å². The Balaban J connectivity index is 2.31. The molecule has 2 heterocycles. The van der Waals surface area contributed by atoms with Gasteiger partial charge in [0, 0.05) is 0 Å². The molecule has 7 heteroatoms. The first-order valence-electron chi connectivity index (χ1n) is 5.43. The number of hydrogen-bond donors (Lipinski definition) is 0. The van der Waals surface area contributed by atoms with Crippen LogP contribution in [0.25, 0.3) is 0 Å². The van der Waals surface area contributed by atoms with Gasteiger partial charge in [-0.15, -0.1) is 4.91 Å². The molecule has 0 aliphatic carbocycles. The van der Waals surface area contributed by atoms with Crippen molar-refractivity contribution in [2.75, 3.05) is 14.2 Å². The van der Waals surface area contributed by atoms with Crippen molar-refractivity contribution in [1.29, 1.82) is 0 Å². The van der Waals surface area contributed by atoms with Gasteiger partial charge in [-0.3, -0.25) is 14.6 Å². The Morgan fingerprint density at radius 3 is 1.76 bits per heavy atom. The molecule has 7 nitrogen and oxygen atoms in total. The van der Waals surface area contributed by atoms with E-state index in [2.05, 4.69) is 14.8 Å². The van der Waals surface area contributed by atoms with E-state index in [0.717, 1.165) is 0 Å². The van der Waals surface area contributed by atoms with Crippen molar-refractivity contribution in [1.82, 2.24) is 5.01 Å². The second-order valence-electron chi connectivity index (χ2n) is 4.27. The minimum Gasteiger partial charge on any atom is -0.469 e. The molecule has 0 radical (unpaired) electrons. The normalized spacial score (nSPS) is 34.6. The van der Waals surface area contributed by atoms with Crippen LogP contribution in [0.1, 0.15) is 12.8 Å². The molecule has 0 spiro atoms. The Bertz CT molecular complexity index is 329. The van der Waals surface area contributed by atoms with Gasteiger partial charge >= 0.3 is 11.9 Å². The van der Waals surface area contributed by atoms with Gasteiger partial charge in [-0.1, -0.05) is 0 Å². The van der Waals surface area contributed by atoms with Gasteiger partial charge in [0.1, 0.15) is 0 Å². The number of methoxy groups -OCH3 is 2. The molecule has 0 unspecified atom stereocenters. The van der Waals surface area contributed by atoms with Crippen molar-refractivity contribution in [2.24, 2.45) is 17.1 Å². The molecule has 0 saturated carbocycles. The average molecular weight is 242 g/mol. The van der Waals surface area contributed by atoms with Gasteiger partial charge < -0.3 is 9.47 Å². The molecule has 0 aromatic carbocycles. The first-order valence-corrected chi connectivity index (χ1v) is 5.43. The fourth-order valence-corrected chi connectivity index (χ4v) is 3.02. The first kappa shape index (κ1) is 11.8. The molecule has 0 amide bonds. The van der Waals surface area contributed by atoms with Crippen LogP contribution < -0.4 is 0 Å². The molecule has 0 N–H and O–H groups in total. The summed E-state index contributed by atoms with van der Waals surface area (Å²) in [5, 5.41) is 4.22. The largest absolute Gasteiger partial charge is 0.469 e. The van der Waals surface area contributed by atoms with Crippen LogP contribution >= 0.6 is 0 Å². The minimum absolute atomic E-state index is 0.339. The number of carbonyl (C=O) groups excluding carboxylic acids is 2. The zero-order valence-corrected chi connectivity index (χ0v) is 9.66. The number of hydrogen-bond acceptors (Lipinski definition) is 6. The van der Waals surface area contributed by atoms with Crippen molar-refractivity contribution in [2.45, 2.75) is 24.9 Å². The molecule has 2 bridgehead atoms. The third-order valence-electron chi connectivity index (χ3n) is 3.69. The Labute approximate surface area is 98.0 Å². The van der Waals surface area contributed by atoms with Crippen LogP contribution in [0.15, 0.2) is 5.29 Å². The van der Waals surface area contributed by atoms with E-state index in [1.165, 1.54) is 19.2 Å². The molecule has 4 atom stereocenters. The van der Waals surface area contributed by atoms with Crippen LogP contribution in [-0.4, -0.2) is 43.3 Å². The third kappa shape index (κ3) is 1.57. The number of fused-ring (bicyclic) bond motifs is 2. The Kier molecular flexibility index (Phi) is 2.99. The summed E-state index contributed by atoms with van der Waals surface area (Å²) < 4.78 is 9.37. The van der Waals surface area contributed by atoms with Crippen LogP contribution in [0.5, 0.6) is 0 Å². The van der Waals surface area contributed by atoms with Crippen LogP contribution in [0.4, 0.5) is 0 Å². The molecule has 2 aliphatic rings.